The van der Waals surface area contributed by atoms with Crippen LogP contribution in [0.15, 0.2) is 0 Å². The highest BCUT2D eigenvalue weighted by Crippen LogP contribution is 2.54. The molecule has 1 spiro atoms. The van der Waals surface area contributed by atoms with Crippen LogP contribution in [0.4, 0.5) is 8.78 Å². The number of hydrogen-bond donors (Lipinski definition) is 1. The van der Waals surface area contributed by atoms with E-state index in [2.05, 4.69) is 10.2 Å². The molecule has 3 heterocycles. The van der Waals surface area contributed by atoms with Crippen LogP contribution in [0.25, 0.3) is 0 Å². The van der Waals surface area contributed by atoms with Crippen LogP contribution in [0.1, 0.15) is 39.0 Å². The minimum atomic E-state index is -2.51. The molecule has 0 aromatic rings. The van der Waals surface area contributed by atoms with Gasteiger partial charge in [0.15, 0.2) is 0 Å². The molecule has 1 N–H and O–H groups in total. The molecule has 148 valence electrons. The van der Waals surface area contributed by atoms with Crippen molar-refractivity contribution in [3.63, 3.8) is 0 Å². The monoisotopic (exact) mass is 371 g/mol. The number of carbonyl (C=O) groups is 1. The summed E-state index contributed by atoms with van der Waals surface area (Å²) in [7, 11) is 0. The summed E-state index contributed by atoms with van der Waals surface area (Å²) in [5.74, 6) is -2.60. The lowest BCUT2D eigenvalue weighted by molar-refractivity contribution is -0.171. The lowest BCUT2D eigenvalue weighted by atomic mass is 9.55. The molecule has 4 fully saturated rings. The molecule has 7 heteroatoms. The molecule has 5 nitrogen and oxygen atoms in total. The van der Waals surface area contributed by atoms with Crippen molar-refractivity contribution < 1.29 is 18.3 Å². The summed E-state index contributed by atoms with van der Waals surface area (Å²) >= 11 is 0. The van der Waals surface area contributed by atoms with Crippen LogP contribution >= 0.6 is 0 Å². The lowest BCUT2D eigenvalue weighted by Gasteiger charge is -2.56. The molecule has 3 atom stereocenters. The predicted molar refractivity (Wildman–Crippen MR) is 94.2 cm³/mol. The number of rotatable bonds is 4. The Kier molecular flexibility index (Phi) is 4.99. The zero-order chi connectivity index (χ0) is 18.4. The molecule has 1 saturated carbocycles. The summed E-state index contributed by atoms with van der Waals surface area (Å²) in [6.45, 7) is 6.41. The Morgan fingerprint density at radius 2 is 1.96 bits per heavy atom. The number of halogens is 2. The molecule has 3 aliphatic heterocycles. The van der Waals surface area contributed by atoms with Crippen molar-refractivity contribution in [3.8, 4) is 0 Å². The van der Waals surface area contributed by atoms with Gasteiger partial charge in [-0.05, 0) is 52.2 Å². The summed E-state index contributed by atoms with van der Waals surface area (Å²) in [4.78, 5) is 17.0. The maximum absolute atomic E-state index is 13.5. The van der Waals surface area contributed by atoms with Crippen molar-refractivity contribution in [2.24, 2.45) is 11.3 Å². The van der Waals surface area contributed by atoms with E-state index in [0.717, 1.165) is 51.9 Å². The van der Waals surface area contributed by atoms with E-state index in [1.54, 1.807) is 0 Å². The smallest absolute Gasteiger partial charge is 0.311 e. The number of esters is 1. The number of nitrogens with one attached hydrogen (secondary N) is 1. The van der Waals surface area contributed by atoms with Gasteiger partial charge in [-0.2, -0.15) is 0 Å². The summed E-state index contributed by atoms with van der Waals surface area (Å²) in [6, 6.07) is 0.526. The van der Waals surface area contributed by atoms with E-state index in [-0.39, 0.29) is 42.4 Å². The molecule has 3 unspecified atom stereocenters. The van der Waals surface area contributed by atoms with Crippen molar-refractivity contribution in [1.82, 2.24) is 15.1 Å². The van der Waals surface area contributed by atoms with E-state index >= 15 is 0 Å². The second kappa shape index (κ2) is 6.99. The summed E-state index contributed by atoms with van der Waals surface area (Å²) < 4.78 is 32.4. The average molecular weight is 371 g/mol. The summed E-state index contributed by atoms with van der Waals surface area (Å²) in [5.41, 5.74) is 0.0742. The molecule has 1 aliphatic carbocycles. The number of nitrogens with zero attached hydrogens (tertiary/aromatic N) is 2. The van der Waals surface area contributed by atoms with Crippen LogP contribution in [0, 0.1) is 11.3 Å². The maximum Gasteiger partial charge on any atom is 0.311 e. The fourth-order valence-electron chi connectivity index (χ4n) is 5.75. The van der Waals surface area contributed by atoms with Crippen LogP contribution in [0.3, 0.4) is 0 Å². The first kappa shape index (κ1) is 18.6. The van der Waals surface area contributed by atoms with Crippen molar-refractivity contribution in [2.45, 2.75) is 57.0 Å². The van der Waals surface area contributed by atoms with Crippen LogP contribution in [-0.4, -0.2) is 79.7 Å². The lowest BCUT2D eigenvalue weighted by Crippen LogP contribution is -2.64. The second-order valence-electron chi connectivity index (χ2n) is 8.63. The van der Waals surface area contributed by atoms with Gasteiger partial charge in [0.1, 0.15) is 0 Å². The van der Waals surface area contributed by atoms with Crippen molar-refractivity contribution in [2.75, 3.05) is 45.9 Å². The number of alkyl halides is 2. The predicted octanol–water partition coefficient (Wildman–Crippen LogP) is 1.72. The molecule has 0 bridgehead atoms. The molecule has 0 aromatic carbocycles. The highest BCUT2D eigenvalue weighted by atomic mass is 19.3. The number of carbonyl (C=O) groups excluding carboxylic acids is 1. The fourth-order valence-corrected chi connectivity index (χ4v) is 5.75. The van der Waals surface area contributed by atoms with Gasteiger partial charge in [0.2, 0.25) is 0 Å². The highest BCUT2D eigenvalue weighted by Gasteiger charge is 2.60. The van der Waals surface area contributed by atoms with Gasteiger partial charge in [0.25, 0.3) is 5.92 Å². The number of hydrogen-bond acceptors (Lipinski definition) is 5. The zero-order valence-corrected chi connectivity index (χ0v) is 15.7. The van der Waals surface area contributed by atoms with Gasteiger partial charge in [0.05, 0.1) is 19.1 Å². The molecular formula is C19H31F2N3O2. The number of piperidine rings is 1. The first-order chi connectivity index (χ1) is 12.4. The molecule has 0 aromatic heterocycles. The third-order valence-corrected chi connectivity index (χ3v) is 7.16. The first-order valence-corrected chi connectivity index (χ1v) is 10.2. The van der Waals surface area contributed by atoms with E-state index in [4.69, 9.17) is 4.74 Å². The first-order valence-electron chi connectivity index (χ1n) is 10.2. The molecule has 26 heavy (non-hydrogen) atoms. The normalized spacial score (nSPS) is 38.6. The molecule has 3 saturated heterocycles. The fraction of sp³-hybridized carbons (Fsp3) is 0.947. The maximum atomic E-state index is 13.5. The van der Waals surface area contributed by atoms with Crippen molar-refractivity contribution in [3.05, 3.63) is 0 Å². The molecule has 4 aliphatic rings. The van der Waals surface area contributed by atoms with Gasteiger partial charge in [-0.15, -0.1) is 0 Å². The highest BCUT2D eigenvalue weighted by molar-refractivity contribution is 5.76. The third-order valence-electron chi connectivity index (χ3n) is 7.16. The van der Waals surface area contributed by atoms with Crippen LogP contribution < -0.4 is 5.32 Å². The quantitative estimate of drug-likeness (QED) is 0.763. The SMILES string of the molecule is CCOC(=O)C1C(N2CCC(N3CCC(F)(F)C3)CC2)CC12CCNC2. The van der Waals surface area contributed by atoms with E-state index in [0.29, 0.717) is 13.2 Å². The number of likely N-dealkylation sites (tertiary alicyclic amines) is 2. The Morgan fingerprint density at radius 1 is 1.19 bits per heavy atom. The van der Waals surface area contributed by atoms with Gasteiger partial charge >= 0.3 is 5.97 Å². The van der Waals surface area contributed by atoms with Crippen molar-refractivity contribution >= 4 is 5.97 Å². The minimum Gasteiger partial charge on any atom is -0.466 e. The van der Waals surface area contributed by atoms with Crippen LogP contribution in [0.2, 0.25) is 0 Å². The minimum absolute atomic E-state index is 0.00368. The van der Waals surface area contributed by atoms with Crippen molar-refractivity contribution in [1.29, 1.82) is 0 Å². The molecular weight excluding hydrogens is 340 g/mol. The van der Waals surface area contributed by atoms with Gasteiger partial charge in [0, 0.05) is 37.0 Å². The van der Waals surface area contributed by atoms with E-state index < -0.39 is 5.92 Å². The third kappa shape index (κ3) is 3.27. The van der Waals surface area contributed by atoms with Gasteiger partial charge in [-0.3, -0.25) is 14.6 Å². The van der Waals surface area contributed by atoms with E-state index in [9.17, 15) is 13.6 Å². The molecule has 0 radical (unpaired) electrons. The summed E-state index contributed by atoms with van der Waals surface area (Å²) in [6.07, 6.45) is 3.94. The van der Waals surface area contributed by atoms with Crippen LogP contribution in [-0.2, 0) is 9.53 Å². The van der Waals surface area contributed by atoms with E-state index in [1.165, 1.54) is 0 Å². The topological polar surface area (TPSA) is 44.8 Å². The van der Waals surface area contributed by atoms with Crippen LogP contribution in [0.5, 0.6) is 0 Å². The van der Waals surface area contributed by atoms with Gasteiger partial charge in [-0.25, -0.2) is 8.78 Å². The number of ether oxygens (including phenoxy) is 1. The zero-order valence-electron chi connectivity index (χ0n) is 15.7. The van der Waals surface area contributed by atoms with Gasteiger partial charge in [-0.1, -0.05) is 0 Å². The average Bonchev–Trinajstić information content (AvgIpc) is 3.21. The Bertz CT molecular complexity index is 531. The Hall–Kier alpha value is -0.790. The molecule has 4 rings (SSSR count). The Balaban J connectivity index is 1.36. The standard InChI is InChI=1S/C19H31F2N3O2/c1-2-26-17(25)16-15(11-18(16)5-7-22-12-18)23-8-3-14(4-9-23)24-10-6-19(20,21)13-24/h14-16,22H,2-13H2,1H3. The Morgan fingerprint density at radius 3 is 2.54 bits per heavy atom. The van der Waals surface area contributed by atoms with E-state index in [1.807, 2.05) is 11.8 Å². The largest absolute Gasteiger partial charge is 0.466 e. The Labute approximate surface area is 154 Å². The molecule has 0 amide bonds. The second-order valence-corrected chi connectivity index (χ2v) is 8.63. The van der Waals surface area contributed by atoms with Gasteiger partial charge < -0.3 is 10.1 Å². The summed E-state index contributed by atoms with van der Waals surface area (Å²) in [5, 5.41) is 3.41.